The molecule has 3 aromatic rings. The molecule has 0 aliphatic carbocycles. The Bertz CT molecular complexity index is 771. The standard InChI is InChI=1S/C15H12ClN5O/c16-13-5-2-1-4-11(13)8-14(22)20-12-9-17-15(18-10-12)21-7-3-6-19-21/h1-7,9-10H,8H2,(H,20,22). The van der Waals surface area contributed by atoms with E-state index in [-0.39, 0.29) is 12.3 Å². The third-order valence-corrected chi connectivity index (χ3v) is 3.31. The molecule has 0 bridgehead atoms. The fourth-order valence-electron chi connectivity index (χ4n) is 1.91. The fraction of sp³-hybridized carbons (Fsp3) is 0.0667. The summed E-state index contributed by atoms with van der Waals surface area (Å²) < 4.78 is 1.54. The Morgan fingerprint density at radius 2 is 1.95 bits per heavy atom. The Labute approximate surface area is 131 Å². The van der Waals surface area contributed by atoms with Crippen molar-refractivity contribution in [2.24, 2.45) is 0 Å². The second-order valence-corrected chi connectivity index (χ2v) is 4.95. The molecular formula is C15H12ClN5O. The van der Waals surface area contributed by atoms with Crippen molar-refractivity contribution in [2.45, 2.75) is 6.42 Å². The molecule has 3 rings (SSSR count). The molecule has 0 atom stereocenters. The minimum absolute atomic E-state index is 0.177. The molecule has 1 amide bonds. The Morgan fingerprint density at radius 1 is 1.18 bits per heavy atom. The van der Waals surface area contributed by atoms with E-state index in [1.165, 1.54) is 17.1 Å². The van der Waals surface area contributed by atoms with Crippen molar-refractivity contribution >= 4 is 23.2 Å². The highest BCUT2D eigenvalue weighted by molar-refractivity contribution is 6.31. The van der Waals surface area contributed by atoms with Crippen LogP contribution in [0.4, 0.5) is 5.69 Å². The zero-order valence-electron chi connectivity index (χ0n) is 11.5. The van der Waals surface area contributed by atoms with E-state index in [0.717, 1.165) is 5.56 Å². The summed E-state index contributed by atoms with van der Waals surface area (Å²) in [5.41, 5.74) is 1.30. The predicted molar refractivity (Wildman–Crippen MR) is 82.9 cm³/mol. The van der Waals surface area contributed by atoms with Gasteiger partial charge in [-0.3, -0.25) is 4.79 Å². The lowest BCUT2D eigenvalue weighted by Crippen LogP contribution is -2.15. The topological polar surface area (TPSA) is 72.7 Å². The summed E-state index contributed by atoms with van der Waals surface area (Å²) in [6.07, 6.45) is 6.65. The second kappa shape index (κ2) is 6.36. The number of amides is 1. The molecule has 0 saturated heterocycles. The molecule has 0 spiro atoms. The van der Waals surface area contributed by atoms with Crippen molar-refractivity contribution in [3.8, 4) is 5.95 Å². The van der Waals surface area contributed by atoms with Crippen LogP contribution in [0.15, 0.2) is 55.1 Å². The minimum Gasteiger partial charge on any atom is -0.323 e. The second-order valence-electron chi connectivity index (χ2n) is 4.54. The lowest BCUT2D eigenvalue weighted by Gasteiger charge is -2.06. The monoisotopic (exact) mass is 313 g/mol. The highest BCUT2D eigenvalue weighted by Crippen LogP contribution is 2.16. The summed E-state index contributed by atoms with van der Waals surface area (Å²) in [7, 11) is 0. The van der Waals surface area contributed by atoms with Crippen LogP contribution >= 0.6 is 11.6 Å². The first-order valence-corrected chi connectivity index (χ1v) is 6.95. The van der Waals surface area contributed by atoms with Crippen LogP contribution in [0, 0.1) is 0 Å². The lowest BCUT2D eigenvalue weighted by atomic mass is 10.1. The van der Waals surface area contributed by atoms with Gasteiger partial charge in [0.05, 0.1) is 24.5 Å². The highest BCUT2D eigenvalue weighted by Gasteiger charge is 2.08. The van der Waals surface area contributed by atoms with Crippen LogP contribution in [-0.4, -0.2) is 25.7 Å². The molecule has 2 heterocycles. The first-order valence-electron chi connectivity index (χ1n) is 6.58. The van der Waals surface area contributed by atoms with Gasteiger partial charge in [-0.05, 0) is 17.7 Å². The molecule has 0 saturated carbocycles. The molecule has 2 aromatic heterocycles. The van der Waals surface area contributed by atoms with Gasteiger partial charge < -0.3 is 5.32 Å². The molecule has 110 valence electrons. The average molecular weight is 314 g/mol. The summed E-state index contributed by atoms with van der Waals surface area (Å²) in [6.45, 7) is 0. The van der Waals surface area contributed by atoms with Gasteiger partial charge in [0, 0.05) is 17.4 Å². The van der Waals surface area contributed by atoms with Crippen molar-refractivity contribution in [3.63, 3.8) is 0 Å². The van der Waals surface area contributed by atoms with E-state index in [1.54, 1.807) is 24.5 Å². The van der Waals surface area contributed by atoms with Gasteiger partial charge in [0.2, 0.25) is 5.91 Å². The van der Waals surface area contributed by atoms with E-state index < -0.39 is 0 Å². The smallest absolute Gasteiger partial charge is 0.250 e. The Hall–Kier alpha value is -2.73. The number of nitrogens with zero attached hydrogens (tertiary/aromatic N) is 4. The fourth-order valence-corrected chi connectivity index (χ4v) is 2.11. The molecule has 0 fully saturated rings. The van der Waals surface area contributed by atoms with Gasteiger partial charge in [0.1, 0.15) is 0 Å². The van der Waals surface area contributed by atoms with E-state index in [4.69, 9.17) is 11.6 Å². The molecule has 0 aliphatic rings. The van der Waals surface area contributed by atoms with Gasteiger partial charge in [-0.2, -0.15) is 5.10 Å². The number of nitrogens with one attached hydrogen (secondary N) is 1. The summed E-state index contributed by atoms with van der Waals surface area (Å²) in [4.78, 5) is 20.3. The number of rotatable bonds is 4. The Kier molecular flexibility index (Phi) is 4.11. The van der Waals surface area contributed by atoms with Crippen LogP contribution in [0.5, 0.6) is 0 Å². The van der Waals surface area contributed by atoms with Crippen molar-refractivity contribution in [1.82, 2.24) is 19.7 Å². The third kappa shape index (κ3) is 3.29. The van der Waals surface area contributed by atoms with Gasteiger partial charge >= 0.3 is 0 Å². The summed E-state index contributed by atoms with van der Waals surface area (Å²) in [5.74, 6) is 0.262. The zero-order chi connectivity index (χ0) is 15.4. The molecule has 0 unspecified atom stereocenters. The number of anilines is 1. The third-order valence-electron chi connectivity index (χ3n) is 2.94. The molecule has 0 radical (unpaired) electrons. The number of carbonyl (C=O) groups is 1. The first-order chi connectivity index (χ1) is 10.7. The molecule has 7 heteroatoms. The van der Waals surface area contributed by atoms with Gasteiger partial charge in [-0.1, -0.05) is 29.8 Å². The SMILES string of the molecule is O=C(Cc1ccccc1Cl)Nc1cnc(-n2cccn2)nc1. The molecular weight excluding hydrogens is 302 g/mol. The van der Waals surface area contributed by atoms with Crippen molar-refractivity contribution in [3.05, 3.63) is 65.7 Å². The molecule has 0 aliphatic heterocycles. The van der Waals surface area contributed by atoms with Crippen molar-refractivity contribution < 1.29 is 4.79 Å². The van der Waals surface area contributed by atoms with Crippen LogP contribution in [-0.2, 0) is 11.2 Å². The van der Waals surface area contributed by atoms with Gasteiger partial charge in [0.25, 0.3) is 5.95 Å². The van der Waals surface area contributed by atoms with E-state index in [2.05, 4.69) is 20.4 Å². The van der Waals surface area contributed by atoms with Gasteiger partial charge in [-0.15, -0.1) is 0 Å². The average Bonchev–Trinajstić information content (AvgIpc) is 3.05. The minimum atomic E-state index is -0.177. The van der Waals surface area contributed by atoms with Crippen LogP contribution in [0.2, 0.25) is 5.02 Å². The molecule has 22 heavy (non-hydrogen) atoms. The summed E-state index contributed by atoms with van der Waals surface area (Å²) in [5, 5.41) is 7.34. The Morgan fingerprint density at radius 3 is 2.64 bits per heavy atom. The van der Waals surface area contributed by atoms with Crippen molar-refractivity contribution in [2.75, 3.05) is 5.32 Å². The molecule has 1 N–H and O–H groups in total. The number of hydrogen-bond donors (Lipinski definition) is 1. The van der Waals surface area contributed by atoms with E-state index >= 15 is 0 Å². The Balaban J connectivity index is 1.66. The quantitative estimate of drug-likeness (QED) is 0.803. The van der Waals surface area contributed by atoms with Gasteiger partial charge in [-0.25, -0.2) is 14.6 Å². The summed E-state index contributed by atoms with van der Waals surface area (Å²) >= 11 is 6.03. The van der Waals surface area contributed by atoms with Crippen LogP contribution < -0.4 is 5.32 Å². The number of aromatic nitrogens is 4. The van der Waals surface area contributed by atoms with Crippen LogP contribution in [0.3, 0.4) is 0 Å². The maximum absolute atomic E-state index is 12.0. The normalized spacial score (nSPS) is 10.4. The number of halogens is 1. The molecule has 1 aromatic carbocycles. The lowest BCUT2D eigenvalue weighted by molar-refractivity contribution is -0.115. The first kappa shape index (κ1) is 14.2. The van der Waals surface area contributed by atoms with E-state index in [0.29, 0.717) is 16.7 Å². The van der Waals surface area contributed by atoms with E-state index in [9.17, 15) is 4.79 Å². The number of carbonyl (C=O) groups excluding carboxylic acids is 1. The van der Waals surface area contributed by atoms with Crippen LogP contribution in [0.25, 0.3) is 5.95 Å². The molecule has 6 nitrogen and oxygen atoms in total. The highest BCUT2D eigenvalue weighted by atomic mass is 35.5. The summed E-state index contributed by atoms with van der Waals surface area (Å²) in [6, 6.07) is 9.02. The van der Waals surface area contributed by atoms with Crippen LogP contribution in [0.1, 0.15) is 5.56 Å². The van der Waals surface area contributed by atoms with Crippen molar-refractivity contribution in [1.29, 1.82) is 0 Å². The van der Waals surface area contributed by atoms with Gasteiger partial charge in [0.15, 0.2) is 0 Å². The maximum Gasteiger partial charge on any atom is 0.250 e. The van der Waals surface area contributed by atoms with E-state index in [1.807, 2.05) is 18.2 Å². The number of benzene rings is 1. The number of hydrogen-bond acceptors (Lipinski definition) is 4. The zero-order valence-corrected chi connectivity index (χ0v) is 12.2. The maximum atomic E-state index is 12.0. The largest absolute Gasteiger partial charge is 0.323 e. The predicted octanol–water partition coefficient (Wildman–Crippen LogP) is 2.50.